The van der Waals surface area contributed by atoms with E-state index in [1.54, 1.807) is 12.5 Å². The predicted molar refractivity (Wildman–Crippen MR) is 133 cm³/mol. The van der Waals surface area contributed by atoms with Crippen LogP contribution in [-0.2, 0) is 0 Å². The zero-order chi connectivity index (χ0) is 22.2. The molecule has 3 aromatic rings. The van der Waals surface area contributed by atoms with Crippen molar-refractivity contribution in [2.45, 2.75) is 32.4 Å². The van der Waals surface area contributed by atoms with E-state index in [4.69, 9.17) is 28.2 Å². The molecule has 1 aromatic carbocycles. The lowest BCUT2D eigenvalue weighted by atomic mass is 9.91. The van der Waals surface area contributed by atoms with Crippen molar-refractivity contribution < 1.29 is 4.42 Å². The highest BCUT2D eigenvalue weighted by atomic mass is 35.5. The highest BCUT2D eigenvalue weighted by molar-refractivity contribution is 7.80. The van der Waals surface area contributed by atoms with Crippen LogP contribution in [0.15, 0.2) is 65.4 Å². The Kier molecular flexibility index (Phi) is 5.82. The number of aromatic nitrogens is 1. The number of nitrogens with zero attached hydrogens (tertiary/aromatic N) is 3. The van der Waals surface area contributed by atoms with Crippen molar-refractivity contribution in [2.75, 3.05) is 22.9 Å². The highest BCUT2D eigenvalue weighted by Gasteiger charge is 2.42. The van der Waals surface area contributed by atoms with Gasteiger partial charge in [-0.15, -0.1) is 0 Å². The molecule has 166 valence electrons. The van der Waals surface area contributed by atoms with E-state index >= 15 is 0 Å². The third-order valence-corrected chi connectivity index (χ3v) is 6.97. The van der Waals surface area contributed by atoms with Gasteiger partial charge < -0.3 is 19.5 Å². The first-order chi connectivity index (χ1) is 15.5. The van der Waals surface area contributed by atoms with Gasteiger partial charge in [0.05, 0.1) is 28.7 Å². The molecule has 0 spiro atoms. The Morgan fingerprint density at radius 1 is 1.09 bits per heavy atom. The number of nitrogens with one attached hydrogen (secondary N) is 1. The number of halogens is 1. The van der Waals surface area contributed by atoms with E-state index < -0.39 is 0 Å². The average Bonchev–Trinajstić information content (AvgIpc) is 3.41. The summed E-state index contributed by atoms with van der Waals surface area (Å²) in [4.78, 5) is 9.06. The van der Waals surface area contributed by atoms with Crippen molar-refractivity contribution >= 4 is 40.3 Å². The number of pyridine rings is 1. The number of anilines is 2. The molecule has 0 bridgehead atoms. The molecule has 2 aliphatic rings. The lowest BCUT2D eigenvalue weighted by molar-refractivity contribution is 0.357. The Bertz CT molecular complexity index is 1080. The first-order valence-corrected chi connectivity index (χ1v) is 11.9. The van der Waals surface area contributed by atoms with Gasteiger partial charge in [0.1, 0.15) is 11.8 Å². The molecular formula is C25H27ClN4OS. The van der Waals surface area contributed by atoms with Crippen molar-refractivity contribution in [3.05, 3.63) is 77.5 Å². The summed E-state index contributed by atoms with van der Waals surface area (Å²) >= 11 is 12.6. The maximum absolute atomic E-state index is 6.84. The molecule has 5 rings (SSSR count). The molecule has 0 saturated carbocycles. The maximum atomic E-state index is 6.84. The number of thiocarbonyl (C=S) groups is 1. The summed E-state index contributed by atoms with van der Waals surface area (Å²) in [7, 11) is 0. The molecule has 4 atom stereocenters. The molecule has 0 unspecified atom stereocenters. The van der Waals surface area contributed by atoms with Crippen molar-refractivity contribution in [2.24, 2.45) is 11.8 Å². The SMILES string of the molecule is C[C@@H]1C[C@@H](C)CN(c2ccc(N3C(=S)N[C@@H](c4ccccn4)[C@@H]3c3ccco3)cc2Cl)C1. The standard InChI is InChI=1S/C25H27ClN4OS/c1-16-12-17(2)15-29(14-16)21-9-8-18(13-19(21)26)30-24(22-7-5-11-31-22)23(28-25(30)32)20-6-3-4-10-27-20/h3-11,13,16-17,23-24H,12,14-15H2,1-2H3,(H,28,32)/t16-,17-,23+,24+/m1/s1. The van der Waals surface area contributed by atoms with Crippen LogP contribution in [0.4, 0.5) is 11.4 Å². The number of rotatable bonds is 4. The van der Waals surface area contributed by atoms with Crippen LogP contribution in [-0.4, -0.2) is 23.2 Å². The first-order valence-electron chi connectivity index (χ1n) is 11.1. The number of benzene rings is 1. The minimum absolute atomic E-state index is 0.128. The monoisotopic (exact) mass is 466 g/mol. The summed E-state index contributed by atoms with van der Waals surface area (Å²) in [6, 6.07) is 15.8. The third kappa shape index (κ3) is 3.97. The molecule has 2 aliphatic heterocycles. The largest absolute Gasteiger partial charge is 0.467 e. The van der Waals surface area contributed by atoms with Gasteiger partial charge in [-0.05, 0) is 72.9 Å². The number of piperidine rings is 1. The van der Waals surface area contributed by atoms with E-state index in [1.807, 2.05) is 36.4 Å². The van der Waals surface area contributed by atoms with E-state index in [9.17, 15) is 0 Å². The molecule has 32 heavy (non-hydrogen) atoms. The van der Waals surface area contributed by atoms with Crippen molar-refractivity contribution in [3.8, 4) is 0 Å². The van der Waals surface area contributed by atoms with E-state index in [0.29, 0.717) is 16.9 Å². The van der Waals surface area contributed by atoms with Crippen LogP contribution in [0.1, 0.15) is 43.8 Å². The summed E-state index contributed by atoms with van der Waals surface area (Å²) in [5.74, 6) is 2.14. The van der Waals surface area contributed by atoms with Crippen LogP contribution < -0.4 is 15.1 Å². The molecule has 5 nitrogen and oxygen atoms in total. The van der Waals surface area contributed by atoms with E-state index in [2.05, 4.69) is 46.1 Å². The van der Waals surface area contributed by atoms with Gasteiger partial charge in [0.25, 0.3) is 0 Å². The van der Waals surface area contributed by atoms with Crippen LogP contribution >= 0.6 is 23.8 Å². The summed E-state index contributed by atoms with van der Waals surface area (Å²) in [6.07, 6.45) is 4.76. The Hall–Kier alpha value is -2.57. The second-order valence-corrected chi connectivity index (χ2v) is 9.79. The van der Waals surface area contributed by atoms with Gasteiger partial charge in [-0.2, -0.15) is 0 Å². The molecule has 2 fully saturated rings. The molecule has 4 heterocycles. The second-order valence-electron chi connectivity index (χ2n) is 9.00. The summed E-state index contributed by atoms with van der Waals surface area (Å²) < 4.78 is 5.83. The van der Waals surface area contributed by atoms with Crippen LogP contribution in [0.2, 0.25) is 5.02 Å². The molecule has 0 aliphatic carbocycles. The number of hydrogen-bond acceptors (Lipinski definition) is 4. The van der Waals surface area contributed by atoms with E-state index in [1.165, 1.54) is 6.42 Å². The molecule has 0 radical (unpaired) electrons. The Morgan fingerprint density at radius 2 is 1.91 bits per heavy atom. The zero-order valence-electron chi connectivity index (χ0n) is 18.2. The molecule has 2 saturated heterocycles. The van der Waals surface area contributed by atoms with Crippen LogP contribution in [0.5, 0.6) is 0 Å². The molecule has 7 heteroatoms. The van der Waals surface area contributed by atoms with Crippen LogP contribution in [0, 0.1) is 11.8 Å². The highest BCUT2D eigenvalue weighted by Crippen LogP contribution is 2.43. The van der Waals surface area contributed by atoms with Gasteiger partial charge in [0.15, 0.2) is 5.11 Å². The van der Waals surface area contributed by atoms with Gasteiger partial charge in [-0.1, -0.05) is 31.5 Å². The summed E-state index contributed by atoms with van der Waals surface area (Å²) in [5.41, 5.74) is 2.94. The van der Waals surface area contributed by atoms with Crippen LogP contribution in [0.3, 0.4) is 0 Å². The number of hydrogen-bond donors (Lipinski definition) is 1. The Morgan fingerprint density at radius 3 is 2.56 bits per heavy atom. The smallest absolute Gasteiger partial charge is 0.174 e. The Labute approximate surface area is 199 Å². The lowest BCUT2D eigenvalue weighted by Gasteiger charge is -2.37. The predicted octanol–water partition coefficient (Wildman–Crippen LogP) is 5.99. The third-order valence-electron chi connectivity index (χ3n) is 6.35. The normalized spacial score (nSPS) is 25.8. The average molecular weight is 467 g/mol. The second kappa shape index (κ2) is 8.75. The van der Waals surface area contributed by atoms with Crippen LogP contribution in [0.25, 0.3) is 0 Å². The van der Waals surface area contributed by atoms with Gasteiger partial charge in [0.2, 0.25) is 0 Å². The first kappa shape index (κ1) is 21.3. The lowest BCUT2D eigenvalue weighted by Crippen LogP contribution is -2.38. The summed E-state index contributed by atoms with van der Waals surface area (Å²) in [6.45, 7) is 6.68. The fourth-order valence-corrected chi connectivity index (χ4v) is 5.78. The number of furan rings is 1. The van der Waals surface area contributed by atoms with Gasteiger partial charge >= 0.3 is 0 Å². The quantitative estimate of drug-likeness (QED) is 0.476. The maximum Gasteiger partial charge on any atom is 0.174 e. The Balaban J connectivity index is 1.50. The molecule has 2 aromatic heterocycles. The zero-order valence-corrected chi connectivity index (χ0v) is 19.8. The fraction of sp³-hybridized carbons (Fsp3) is 0.360. The van der Waals surface area contributed by atoms with E-state index in [0.717, 1.165) is 40.9 Å². The van der Waals surface area contributed by atoms with Gasteiger partial charge in [-0.25, -0.2) is 0 Å². The minimum atomic E-state index is -0.163. The van der Waals surface area contributed by atoms with Crippen molar-refractivity contribution in [1.29, 1.82) is 0 Å². The van der Waals surface area contributed by atoms with Crippen molar-refractivity contribution in [1.82, 2.24) is 10.3 Å². The van der Waals surface area contributed by atoms with Gasteiger partial charge in [-0.3, -0.25) is 4.98 Å². The minimum Gasteiger partial charge on any atom is -0.467 e. The summed E-state index contributed by atoms with van der Waals surface area (Å²) in [5, 5.41) is 4.82. The van der Waals surface area contributed by atoms with Gasteiger partial charge in [0, 0.05) is 25.0 Å². The van der Waals surface area contributed by atoms with Crippen molar-refractivity contribution in [3.63, 3.8) is 0 Å². The molecular weight excluding hydrogens is 440 g/mol. The topological polar surface area (TPSA) is 44.5 Å². The fourth-order valence-electron chi connectivity index (χ4n) is 5.14. The molecule has 0 amide bonds. The molecule has 1 N–H and O–H groups in total. The van der Waals surface area contributed by atoms with E-state index in [-0.39, 0.29) is 12.1 Å².